The number of hydrogen-bond acceptors (Lipinski definition) is 7. The third-order valence-corrected chi connectivity index (χ3v) is 8.64. The van der Waals surface area contributed by atoms with Gasteiger partial charge in [0.05, 0.1) is 23.6 Å². The van der Waals surface area contributed by atoms with Crippen LogP contribution < -0.4 is 15.0 Å². The molecule has 10 nitrogen and oxygen atoms in total. The number of carbonyl (C=O) groups excluding carboxylic acids is 1. The highest BCUT2D eigenvalue weighted by Crippen LogP contribution is 2.36. The molecular weight excluding hydrogens is 578 g/mol. The van der Waals surface area contributed by atoms with Gasteiger partial charge in [-0.3, -0.25) is 9.48 Å². The Hall–Kier alpha value is -5.39. The van der Waals surface area contributed by atoms with Crippen molar-refractivity contribution in [2.45, 2.75) is 31.4 Å². The highest BCUT2D eigenvalue weighted by Gasteiger charge is 2.40. The Morgan fingerprint density at radius 3 is 2.82 bits per heavy atom. The maximum atomic E-state index is 14.7. The number of carbonyl (C=O) groups is 1. The van der Waals surface area contributed by atoms with E-state index in [0.717, 1.165) is 46.6 Å². The van der Waals surface area contributed by atoms with Gasteiger partial charge < -0.3 is 15.0 Å². The Kier molecular flexibility index (Phi) is 6.43. The molecule has 3 aromatic carbocycles. The number of nitrogens with one attached hydrogen (secondary N) is 1. The van der Waals surface area contributed by atoms with Crippen LogP contribution in [-0.4, -0.2) is 60.7 Å². The van der Waals surface area contributed by atoms with Gasteiger partial charge in [-0.15, -0.1) is 0 Å². The molecule has 12 heteroatoms. The maximum Gasteiger partial charge on any atom is 0.242 e. The Balaban J connectivity index is 1.18. The summed E-state index contributed by atoms with van der Waals surface area (Å²) in [6.45, 7) is 0.866. The van der Waals surface area contributed by atoms with E-state index in [1.54, 1.807) is 0 Å². The molecule has 0 unspecified atom stereocenters. The van der Waals surface area contributed by atoms with Crippen molar-refractivity contribution in [3.63, 3.8) is 0 Å². The standard InChI is InChI=1S/C33H28F2N8O2/c1-41-28-9-4-12-36-33(44)29-15-22(45-21-6-2-5-19(13-21)23-7-3-8-26(40-41)30(23)28)17-42(29)31-24-16-39-43(32(24)38-18-37-31)27-11-10-20(34)14-25(27)35/h2-3,5-8,10-11,13-14,16,18,22,29H,4,9,12,15,17H2,1H3,(H,36,44)/t22-,29-/m0/s1. The van der Waals surface area contributed by atoms with Gasteiger partial charge in [0, 0.05) is 37.2 Å². The van der Waals surface area contributed by atoms with E-state index in [2.05, 4.69) is 32.5 Å². The second kappa shape index (κ2) is 10.7. The number of anilines is 1. The third-order valence-electron chi connectivity index (χ3n) is 8.64. The van der Waals surface area contributed by atoms with Crippen molar-refractivity contribution in [2.75, 3.05) is 18.0 Å². The van der Waals surface area contributed by atoms with Gasteiger partial charge in [-0.25, -0.2) is 23.4 Å². The first kappa shape index (κ1) is 27.2. The van der Waals surface area contributed by atoms with Gasteiger partial charge in [-0.05, 0) is 54.3 Å². The number of ether oxygens (including phenoxy) is 1. The molecule has 1 N–H and O–H groups in total. The minimum Gasteiger partial charge on any atom is -0.488 e. The lowest BCUT2D eigenvalue weighted by Crippen LogP contribution is -2.44. The molecule has 1 amide bonds. The summed E-state index contributed by atoms with van der Waals surface area (Å²) in [5, 5.41) is 13.9. The normalized spacial score (nSPS) is 18.5. The van der Waals surface area contributed by atoms with Crippen LogP contribution in [0.5, 0.6) is 5.75 Å². The van der Waals surface area contributed by atoms with Crippen molar-refractivity contribution in [1.82, 2.24) is 34.8 Å². The van der Waals surface area contributed by atoms with Crippen LogP contribution in [0.1, 0.15) is 18.5 Å². The molecule has 2 aliphatic rings. The first-order chi connectivity index (χ1) is 21.9. The van der Waals surface area contributed by atoms with Crippen molar-refractivity contribution >= 4 is 33.7 Å². The van der Waals surface area contributed by atoms with Gasteiger partial charge in [0.25, 0.3) is 0 Å². The van der Waals surface area contributed by atoms with E-state index < -0.39 is 17.7 Å². The predicted molar refractivity (Wildman–Crippen MR) is 164 cm³/mol. The second-order valence-corrected chi connectivity index (χ2v) is 11.4. The summed E-state index contributed by atoms with van der Waals surface area (Å²) in [5.41, 5.74) is 4.55. The van der Waals surface area contributed by atoms with Gasteiger partial charge in [0.15, 0.2) is 11.5 Å². The minimum absolute atomic E-state index is 0.0570. The Bertz CT molecular complexity index is 2110. The van der Waals surface area contributed by atoms with E-state index in [1.807, 2.05) is 47.0 Å². The molecule has 0 radical (unpaired) electrons. The fraction of sp³-hybridized carbons (Fsp3) is 0.242. The van der Waals surface area contributed by atoms with Gasteiger partial charge in [-0.1, -0.05) is 24.3 Å². The Morgan fingerprint density at radius 2 is 1.93 bits per heavy atom. The lowest BCUT2D eigenvalue weighted by Gasteiger charge is -2.25. The van der Waals surface area contributed by atoms with E-state index >= 15 is 0 Å². The fourth-order valence-corrected chi connectivity index (χ4v) is 6.61. The molecule has 6 aromatic rings. The van der Waals surface area contributed by atoms with E-state index in [0.29, 0.717) is 42.1 Å². The zero-order valence-corrected chi connectivity index (χ0v) is 24.3. The molecule has 0 spiro atoms. The van der Waals surface area contributed by atoms with Crippen LogP contribution in [0.25, 0.3) is 38.8 Å². The van der Waals surface area contributed by atoms with Crippen LogP contribution >= 0.6 is 0 Å². The molecule has 1 fully saturated rings. The van der Waals surface area contributed by atoms with Crippen LogP contribution in [0.4, 0.5) is 14.6 Å². The number of aryl methyl sites for hydroxylation is 2. The molecule has 0 saturated carbocycles. The van der Waals surface area contributed by atoms with E-state index in [4.69, 9.17) is 9.84 Å². The van der Waals surface area contributed by atoms with Crippen molar-refractivity contribution in [3.05, 3.63) is 90.5 Å². The van der Waals surface area contributed by atoms with E-state index in [-0.39, 0.29) is 17.7 Å². The van der Waals surface area contributed by atoms with Crippen molar-refractivity contribution < 1.29 is 18.3 Å². The van der Waals surface area contributed by atoms with E-state index in [9.17, 15) is 13.6 Å². The summed E-state index contributed by atoms with van der Waals surface area (Å²) in [4.78, 5) is 24.6. The third kappa shape index (κ3) is 4.64. The van der Waals surface area contributed by atoms with Crippen molar-refractivity contribution in [1.29, 1.82) is 0 Å². The molecule has 2 atom stereocenters. The summed E-state index contributed by atoms with van der Waals surface area (Å²) < 4.78 is 38.1. The smallest absolute Gasteiger partial charge is 0.242 e. The van der Waals surface area contributed by atoms with Gasteiger partial charge >= 0.3 is 0 Å². The van der Waals surface area contributed by atoms with Gasteiger partial charge in [0.1, 0.15) is 41.5 Å². The largest absolute Gasteiger partial charge is 0.488 e. The average Bonchev–Trinajstić information content (AvgIpc) is 3.74. The van der Waals surface area contributed by atoms with Gasteiger partial charge in [0.2, 0.25) is 5.91 Å². The van der Waals surface area contributed by atoms with Crippen LogP contribution in [0.2, 0.25) is 0 Å². The molecule has 45 heavy (non-hydrogen) atoms. The van der Waals surface area contributed by atoms with Crippen LogP contribution in [0.3, 0.4) is 0 Å². The van der Waals surface area contributed by atoms with E-state index in [1.165, 1.54) is 29.3 Å². The second-order valence-electron chi connectivity index (χ2n) is 11.4. The Labute approximate surface area is 256 Å². The molecular formula is C33H28F2N8O2. The number of rotatable bonds is 2. The van der Waals surface area contributed by atoms with Crippen molar-refractivity contribution in [3.8, 4) is 22.6 Å². The first-order valence-corrected chi connectivity index (χ1v) is 14.8. The van der Waals surface area contributed by atoms with Crippen LogP contribution in [0.15, 0.2) is 73.2 Å². The summed E-state index contributed by atoms with van der Waals surface area (Å²) in [6, 6.07) is 16.9. The number of halogens is 2. The molecule has 2 aliphatic heterocycles. The zero-order valence-electron chi connectivity index (χ0n) is 24.3. The van der Waals surface area contributed by atoms with Crippen molar-refractivity contribution in [2.24, 2.45) is 7.05 Å². The molecule has 5 heterocycles. The zero-order chi connectivity index (χ0) is 30.7. The number of benzene rings is 3. The highest BCUT2D eigenvalue weighted by molar-refractivity contribution is 5.97. The van der Waals surface area contributed by atoms with Gasteiger partial charge in [-0.2, -0.15) is 10.2 Å². The summed E-state index contributed by atoms with van der Waals surface area (Å²) >= 11 is 0. The molecule has 226 valence electrons. The predicted octanol–water partition coefficient (Wildman–Crippen LogP) is 4.74. The van der Waals surface area contributed by atoms with Crippen LogP contribution in [0, 0.1) is 11.6 Å². The topological polar surface area (TPSA) is 103 Å². The maximum absolute atomic E-state index is 14.7. The minimum atomic E-state index is -0.767. The Morgan fingerprint density at radius 1 is 1.04 bits per heavy atom. The molecule has 4 bridgehead atoms. The molecule has 1 saturated heterocycles. The quantitative estimate of drug-likeness (QED) is 0.304. The SMILES string of the molecule is Cn1nc2cccc3c2c1CCCNC(=O)[C@@H]1C[C@@H](CN1c1ncnc2c1cnn2-c1ccc(F)cc1F)Oc1cccc-3c1. The summed E-state index contributed by atoms with van der Waals surface area (Å²) in [6.07, 6.45) is 4.49. The number of amides is 1. The lowest BCUT2D eigenvalue weighted by molar-refractivity contribution is -0.122. The average molecular weight is 607 g/mol. The number of fused-ring (bicyclic) bond motifs is 6. The monoisotopic (exact) mass is 606 g/mol. The first-order valence-electron chi connectivity index (χ1n) is 14.8. The molecule has 3 aromatic heterocycles. The number of hydrogen-bond donors (Lipinski definition) is 1. The number of nitrogens with zero attached hydrogens (tertiary/aromatic N) is 7. The lowest BCUT2D eigenvalue weighted by atomic mass is 9.98. The summed E-state index contributed by atoms with van der Waals surface area (Å²) in [7, 11) is 1.96. The number of aromatic nitrogens is 6. The highest BCUT2D eigenvalue weighted by atomic mass is 19.1. The molecule has 0 aliphatic carbocycles. The van der Waals surface area contributed by atoms with Crippen LogP contribution in [-0.2, 0) is 18.3 Å². The summed E-state index contributed by atoms with van der Waals surface area (Å²) in [5.74, 6) is -0.403. The molecule has 8 rings (SSSR count). The fourth-order valence-electron chi connectivity index (χ4n) is 6.61.